The highest BCUT2D eigenvalue weighted by molar-refractivity contribution is 6.07. The standard InChI is InChI=1S/C21H23N7O.C21H20N6.CH4.ClH.H3NO/c1-26-9-4-10-27(12-11-26)18-8-7-14-13-15(19(22)25-29)21-23-16-5-2-3-6-17(16)28(21)20(14)24-18;1-25-9-4-10-26(12-11-25)19-8-7-15-13-16(14-22)21-23-17-5-2-3-6-18(17)27(21)20(15)24-19;;;1-2/h2-3,5-8,13,29H,4,9-12H2,1H3,(H2,22,25);2-3,5-8,13H,4,9-12H2,1H3;1H4;1H;2H,1H2. The smallest absolute Gasteiger partial charge is 0.173 e. The van der Waals surface area contributed by atoms with Gasteiger partial charge < -0.3 is 35.7 Å². The van der Waals surface area contributed by atoms with E-state index in [1.165, 1.54) is 0 Å². The van der Waals surface area contributed by atoms with E-state index in [2.05, 4.69) is 80.1 Å². The maximum Gasteiger partial charge on any atom is 0.173 e. The SMILES string of the molecule is C.CN1CCCN(c2ccc3cc(C#N)c4nc5ccccc5n4c3n2)CC1.CN1CCCN(c2ccc3cc(C(N)=NO)c4nc5ccccc5n4c3n2)CC1.Cl.NO. The number of benzene rings is 2. The lowest BCUT2D eigenvalue weighted by Gasteiger charge is -2.22. The second kappa shape index (κ2) is 18.7. The molecule has 0 bridgehead atoms. The molecule has 0 aliphatic carbocycles. The summed E-state index contributed by atoms with van der Waals surface area (Å²) in [4.78, 5) is 28.9. The first-order valence-electron chi connectivity index (χ1n) is 19.3. The summed E-state index contributed by atoms with van der Waals surface area (Å²) in [7, 11) is 4.33. The molecule has 2 aromatic carbocycles. The molecule has 2 saturated heterocycles. The third-order valence-corrected chi connectivity index (χ3v) is 11.0. The van der Waals surface area contributed by atoms with Gasteiger partial charge in [-0.25, -0.2) is 25.8 Å². The van der Waals surface area contributed by atoms with E-state index in [4.69, 9.17) is 25.9 Å². The van der Waals surface area contributed by atoms with Crippen LogP contribution in [0.2, 0.25) is 0 Å². The maximum atomic E-state index is 9.60. The van der Waals surface area contributed by atoms with Crippen LogP contribution in [0.3, 0.4) is 0 Å². The van der Waals surface area contributed by atoms with Gasteiger partial charge in [0, 0.05) is 50.0 Å². The summed E-state index contributed by atoms with van der Waals surface area (Å²) >= 11 is 0. The van der Waals surface area contributed by atoms with Gasteiger partial charge in [0.05, 0.1) is 33.2 Å². The van der Waals surface area contributed by atoms with Crippen molar-refractivity contribution < 1.29 is 10.4 Å². The lowest BCUT2D eigenvalue weighted by atomic mass is 10.2. The average molecular weight is 831 g/mol. The van der Waals surface area contributed by atoms with Gasteiger partial charge in [-0.1, -0.05) is 36.8 Å². The fourth-order valence-electron chi connectivity index (χ4n) is 7.99. The van der Waals surface area contributed by atoms with Gasteiger partial charge in [-0.2, -0.15) is 5.26 Å². The quantitative estimate of drug-likeness (QED) is 0.0731. The molecule has 0 atom stereocenters. The van der Waals surface area contributed by atoms with E-state index in [1.807, 2.05) is 69.5 Å². The summed E-state index contributed by atoms with van der Waals surface area (Å²) in [6.07, 6.45) is 2.25. The number of nitriles is 1. The summed E-state index contributed by atoms with van der Waals surface area (Å²) in [5.74, 6) is 5.48. The number of aromatic nitrogens is 6. The third kappa shape index (κ3) is 8.13. The molecule has 16 nitrogen and oxygen atoms in total. The van der Waals surface area contributed by atoms with Crippen LogP contribution in [0.1, 0.15) is 31.4 Å². The second-order valence-electron chi connectivity index (χ2n) is 14.7. The van der Waals surface area contributed by atoms with Gasteiger partial charge in [0.1, 0.15) is 29.0 Å². The number of anilines is 2. The molecule has 2 fully saturated rings. The van der Waals surface area contributed by atoms with E-state index in [0.29, 0.717) is 22.4 Å². The zero-order valence-electron chi connectivity index (χ0n) is 33.0. The molecule has 2 aliphatic rings. The first kappa shape index (κ1) is 43.2. The Morgan fingerprint density at radius 2 is 1.12 bits per heavy atom. The van der Waals surface area contributed by atoms with E-state index in [0.717, 1.165) is 121 Å². The van der Waals surface area contributed by atoms with Crippen molar-refractivity contribution in [3.63, 3.8) is 0 Å². The molecule has 8 heterocycles. The van der Waals surface area contributed by atoms with E-state index in [1.54, 1.807) is 0 Å². The first-order valence-corrected chi connectivity index (χ1v) is 19.3. The van der Waals surface area contributed by atoms with Crippen LogP contribution in [0.15, 0.2) is 90.1 Å². The number of amidine groups is 1. The van der Waals surface area contributed by atoms with Crippen LogP contribution in [0, 0.1) is 11.3 Å². The molecule has 312 valence electrons. The van der Waals surface area contributed by atoms with Crippen molar-refractivity contribution in [2.75, 3.05) is 76.3 Å². The van der Waals surface area contributed by atoms with Crippen molar-refractivity contribution in [1.82, 2.24) is 38.5 Å². The predicted octanol–water partition coefficient (Wildman–Crippen LogP) is 5.71. The molecule has 10 rings (SSSR count). The number of nitrogens with zero attached hydrogens (tertiary/aromatic N) is 12. The zero-order chi connectivity index (χ0) is 40.3. The van der Waals surface area contributed by atoms with Gasteiger partial charge in [-0.15, -0.1) is 12.4 Å². The van der Waals surface area contributed by atoms with Crippen molar-refractivity contribution >= 4 is 85.3 Å². The number of pyridine rings is 4. The van der Waals surface area contributed by atoms with E-state index < -0.39 is 0 Å². The molecule has 6 N–H and O–H groups in total. The number of hydrogen-bond acceptors (Lipinski definition) is 13. The normalized spacial score (nSPS) is 15.4. The molecule has 17 heteroatoms. The van der Waals surface area contributed by atoms with Crippen molar-refractivity contribution in [3.05, 3.63) is 96.1 Å². The topological polar surface area (TPSA) is 202 Å². The van der Waals surface area contributed by atoms with Crippen molar-refractivity contribution in [2.45, 2.75) is 20.3 Å². The van der Waals surface area contributed by atoms with Crippen LogP contribution in [-0.4, -0.2) is 121 Å². The maximum absolute atomic E-state index is 9.60. The fraction of sp³-hybridized carbons (Fsp3) is 0.302. The lowest BCUT2D eigenvalue weighted by Crippen LogP contribution is -2.29. The van der Waals surface area contributed by atoms with E-state index in [-0.39, 0.29) is 25.7 Å². The van der Waals surface area contributed by atoms with Crippen LogP contribution in [0.25, 0.3) is 55.4 Å². The summed E-state index contributed by atoms with van der Waals surface area (Å²) in [5.41, 5.74) is 13.8. The minimum Gasteiger partial charge on any atom is -0.409 e. The largest absolute Gasteiger partial charge is 0.409 e. The fourth-order valence-corrected chi connectivity index (χ4v) is 7.99. The van der Waals surface area contributed by atoms with Crippen molar-refractivity contribution in [1.29, 1.82) is 5.26 Å². The summed E-state index contributed by atoms with van der Waals surface area (Å²) in [5, 5.41) is 30.4. The molecular formula is C43H51ClN14O2. The number of likely N-dealkylation sites (N-methyl/N-ethyl adjacent to an activating group) is 2. The number of halogens is 1. The Bertz CT molecular complexity index is 2850. The molecule has 0 unspecified atom stereocenters. The number of fused-ring (bicyclic) bond motifs is 10. The molecule has 0 radical (unpaired) electrons. The Morgan fingerprint density at radius 3 is 1.63 bits per heavy atom. The Labute approximate surface area is 353 Å². The molecule has 8 aromatic rings. The van der Waals surface area contributed by atoms with Gasteiger partial charge in [-0.3, -0.25) is 8.80 Å². The highest BCUT2D eigenvalue weighted by Crippen LogP contribution is 2.29. The van der Waals surface area contributed by atoms with Crippen LogP contribution >= 0.6 is 12.4 Å². The summed E-state index contributed by atoms with van der Waals surface area (Å²) in [6, 6.07) is 30.2. The predicted molar refractivity (Wildman–Crippen MR) is 242 cm³/mol. The highest BCUT2D eigenvalue weighted by atomic mass is 35.5. The van der Waals surface area contributed by atoms with Crippen LogP contribution in [-0.2, 0) is 0 Å². The zero-order valence-corrected chi connectivity index (χ0v) is 33.8. The Kier molecular flexibility index (Phi) is 13.5. The summed E-state index contributed by atoms with van der Waals surface area (Å²) < 4.78 is 4.03. The third-order valence-electron chi connectivity index (χ3n) is 11.0. The Hall–Kier alpha value is -6.35. The van der Waals surface area contributed by atoms with Crippen LogP contribution in [0.5, 0.6) is 0 Å². The van der Waals surface area contributed by atoms with Crippen molar-refractivity contribution in [2.24, 2.45) is 16.8 Å². The lowest BCUT2D eigenvalue weighted by molar-refractivity contribution is 0.311. The monoisotopic (exact) mass is 830 g/mol. The minimum atomic E-state index is 0. The average Bonchev–Trinajstić information content (AvgIpc) is 3.68. The van der Waals surface area contributed by atoms with Crippen molar-refractivity contribution in [3.8, 4) is 6.07 Å². The number of hydrogen-bond donors (Lipinski definition) is 4. The molecule has 0 amide bonds. The second-order valence-corrected chi connectivity index (χ2v) is 14.7. The molecule has 6 aromatic heterocycles. The van der Waals surface area contributed by atoms with Gasteiger partial charge in [-0.05, 0) is 101 Å². The number of nitrogens with two attached hydrogens (primary N) is 2. The van der Waals surface area contributed by atoms with Crippen LogP contribution in [0.4, 0.5) is 11.6 Å². The number of rotatable bonds is 3. The first-order chi connectivity index (χ1) is 28.4. The number of imidazole rings is 2. The van der Waals surface area contributed by atoms with E-state index >= 15 is 0 Å². The Morgan fingerprint density at radius 1 is 0.633 bits per heavy atom. The summed E-state index contributed by atoms with van der Waals surface area (Å²) in [6.45, 7) is 8.19. The van der Waals surface area contributed by atoms with Crippen LogP contribution < -0.4 is 21.4 Å². The molecular weight excluding hydrogens is 780 g/mol. The number of oxime groups is 1. The number of para-hydroxylation sites is 4. The molecule has 60 heavy (non-hydrogen) atoms. The highest BCUT2D eigenvalue weighted by Gasteiger charge is 2.20. The van der Waals surface area contributed by atoms with Gasteiger partial charge >= 0.3 is 0 Å². The van der Waals surface area contributed by atoms with E-state index in [9.17, 15) is 10.5 Å². The molecule has 2 aliphatic heterocycles. The molecule has 0 spiro atoms. The van der Waals surface area contributed by atoms with Gasteiger partial charge in [0.25, 0.3) is 0 Å². The van der Waals surface area contributed by atoms with Gasteiger partial charge in [0.2, 0.25) is 0 Å². The minimum absolute atomic E-state index is 0. The molecule has 0 saturated carbocycles. The van der Waals surface area contributed by atoms with Gasteiger partial charge in [0.15, 0.2) is 17.1 Å². The Balaban J connectivity index is 0.000000188.